The van der Waals surface area contributed by atoms with Gasteiger partial charge in [0, 0.05) is 19.4 Å². The Morgan fingerprint density at radius 2 is 2.06 bits per heavy atom. The van der Waals surface area contributed by atoms with Crippen molar-refractivity contribution in [1.82, 2.24) is 0 Å². The van der Waals surface area contributed by atoms with Gasteiger partial charge in [0.25, 0.3) is 0 Å². The van der Waals surface area contributed by atoms with Crippen LogP contribution < -0.4 is 0 Å². The molecule has 2 heteroatoms. The maximum atomic E-state index is 11.7. The Labute approximate surface area is 105 Å². The zero-order valence-corrected chi connectivity index (χ0v) is 11.5. The standard InChI is InChI=1S/C15H26O2/c1-5-15(4,10-6-8-13(2)3)12-14(17)9-7-11-16/h5,8,16H,1,6-7,9-12H2,2-4H3. The number of aliphatic hydroxyl groups is 1. The highest BCUT2D eigenvalue weighted by molar-refractivity contribution is 5.79. The molecule has 0 aliphatic heterocycles. The fraction of sp³-hybridized carbons (Fsp3) is 0.667. The Morgan fingerprint density at radius 3 is 2.53 bits per heavy atom. The lowest BCUT2D eigenvalue weighted by Crippen LogP contribution is -2.18. The van der Waals surface area contributed by atoms with Gasteiger partial charge in [-0.25, -0.2) is 0 Å². The number of carbonyl (C=O) groups is 1. The molecule has 0 radical (unpaired) electrons. The monoisotopic (exact) mass is 238 g/mol. The Hall–Kier alpha value is -0.890. The Balaban J connectivity index is 4.22. The molecular weight excluding hydrogens is 212 g/mol. The van der Waals surface area contributed by atoms with Gasteiger partial charge in [0.15, 0.2) is 0 Å². The van der Waals surface area contributed by atoms with Crippen molar-refractivity contribution in [2.24, 2.45) is 5.41 Å². The highest BCUT2D eigenvalue weighted by atomic mass is 16.3. The van der Waals surface area contributed by atoms with Crippen molar-refractivity contribution in [2.75, 3.05) is 6.61 Å². The van der Waals surface area contributed by atoms with Gasteiger partial charge >= 0.3 is 0 Å². The molecule has 0 saturated heterocycles. The number of hydrogen-bond acceptors (Lipinski definition) is 2. The maximum Gasteiger partial charge on any atom is 0.133 e. The van der Waals surface area contributed by atoms with E-state index in [4.69, 9.17) is 5.11 Å². The van der Waals surface area contributed by atoms with Crippen LogP contribution >= 0.6 is 0 Å². The maximum absolute atomic E-state index is 11.7. The molecular formula is C15H26O2. The van der Waals surface area contributed by atoms with E-state index in [9.17, 15) is 4.79 Å². The second-order valence-electron chi connectivity index (χ2n) is 5.22. The van der Waals surface area contributed by atoms with Crippen LogP contribution in [0.2, 0.25) is 0 Å². The van der Waals surface area contributed by atoms with Crippen LogP contribution in [0.3, 0.4) is 0 Å². The molecule has 0 aromatic carbocycles. The molecule has 0 saturated carbocycles. The lowest BCUT2D eigenvalue weighted by Gasteiger charge is -2.24. The van der Waals surface area contributed by atoms with E-state index >= 15 is 0 Å². The molecule has 1 atom stereocenters. The predicted molar refractivity (Wildman–Crippen MR) is 72.9 cm³/mol. The van der Waals surface area contributed by atoms with Crippen LogP contribution in [0.15, 0.2) is 24.3 Å². The number of aliphatic hydroxyl groups excluding tert-OH is 1. The first-order valence-electron chi connectivity index (χ1n) is 6.33. The predicted octanol–water partition coefficient (Wildman–Crippen LogP) is 3.66. The molecule has 0 aromatic heterocycles. The van der Waals surface area contributed by atoms with Gasteiger partial charge in [-0.3, -0.25) is 4.79 Å². The Kier molecular flexibility index (Phi) is 7.81. The van der Waals surface area contributed by atoms with E-state index in [1.54, 1.807) is 0 Å². The molecule has 0 fully saturated rings. The third-order valence-corrected chi connectivity index (χ3v) is 2.98. The van der Waals surface area contributed by atoms with Crippen LogP contribution in [-0.2, 0) is 4.79 Å². The molecule has 1 unspecified atom stereocenters. The van der Waals surface area contributed by atoms with Gasteiger partial charge < -0.3 is 5.11 Å². The summed E-state index contributed by atoms with van der Waals surface area (Å²) >= 11 is 0. The third-order valence-electron chi connectivity index (χ3n) is 2.98. The van der Waals surface area contributed by atoms with Crippen molar-refractivity contribution in [2.45, 2.75) is 52.9 Å². The smallest absolute Gasteiger partial charge is 0.133 e. The van der Waals surface area contributed by atoms with Crippen molar-refractivity contribution >= 4 is 5.78 Å². The van der Waals surface area contributed by atoms with E-state index in [0.717, 1.165) is 12.8 Å². The quantitative estimate of drug-likeness (QED) is 0.622. The molecule has 0 rings (SSSR count). The van der Waals surface area contributed by atoms with Crippen LogP contribution in [0, 0.1) is 5.41 Å². The van der Waals surface area contributed by atoms with E-state index < -0.39 is 0 Å². The molecule has 0 aromatic rings. The first-order chi connectivity index (χ1) is 7.93. The largest absolute Gasteiger partial charge is 0.396 e. The fourth-order valence-electron chi connectivity index (χ4n) is 1.77. The molecule has 17 heavy (non-hydrogen) atoms. The number of carbonyl (C=O) groups excluding carboxylic acids is 1. The van der Waals surface area contributed by atoms with Gasteiger partial charge in [0.05, 0.1) is 0 Å². The first kappa shape index (κ1) is 16.1. The second-order valence-corrected chi connectivity index (χ2v) is 5.22. The van der Waals surface area contributed by atoms with Gasteiger partial charge in [-0.15, -0.1) is 6.58 Å². The van der Waals surface area contributed by atoms with Gasteiger partial charge in [-0.2, -0.15) is 0 Å². The lowest BCUT2D eigenvalue weighted by atomic mass is 9.80. The average molecular weight is 238 g/mol. The van der Waals surface area contributed by atoms with Crippen LogP contribution in [0.25, 0.3) is 0 Å². The van der Waals surface area contributed by atoms with Crippen molar-refractivity contribution in [3.63, 3.8) is 0 Å². The lowest BCUT2D eigenvalue weighted by molar-refractivity contribution is -0.120. The van der Waals surface area contributed by atoms with E-state index in [2.05, 4.69) is 33.4 Å². The van der Waals surface area contributed by atoms with Gasteiger partial charge in [-0.05, 0) is 38.5 Å². The Bertz CT molecular complexity index is 275. The summed E-state index contributed by atoms with van der Waals surface area (Å²) in [4.78, 5) is 11.7. The average Bonchev–Trinajstić information content (AvgIpc) is 2.25. The van der Waals surface area contributed by atoms with E-state index in [1.807, 2.05) is 6.08 Å². The molecule has 0 amide bonds. The van der Waals surface area contributed by atoms with Crippen LogP contribution in [0.5, 0.6) is 0 Å². The van der Waals surface area contributed by atoms with Crippen LogP contribution in [-0.4, -0.2) is 17.5 Å². The fourth-order valence-corrected chi connectivity index (χ4v) is 1.77. The zero-order chi connectivity index (χ0) is 13.3. The van der Waals surface area contributed by atoms with E-state index in [-0.39, 0.29) is 17.8 Å². The van der Waals surface area contributed by atoms with Crippen LogP contribution in [0.4, 0.5) is 0 Å². The molecule has 98 valence electrons. The summed E-state index contributed by atoms with van der Waals surface area (Å²) in [5.41, 5.74) is 1.20. The van der Waals surface area contributed by atoms with Crippen molar-refractivity contribution in [3.8, 4) is 0 Å². The summed E-state index contributed by atoms with van der Waals surface area (Å²) in [5.74, 6) is 0.221. The summed E-state index contributed by atoms with van der Waals surface area (Å²) in [6, 6.07) is 0. The summed E-state index contributed by atoms with van der Waals surface area (Å²) in [5, 5.41) is 8.69. The minimum Gasteiger partial charge on any atom is -0.396 e. The minimum atomic E-state index is -0.113. The number of Topliss-reactive ketones (excluding diaryl/α,β-unsaturated/α-hetero) is 1. The number of ketones is 1. The van der Waals surface area contributed by atoms with Gasteiger partial charge in [0.2, 0.25) is 0 Å². The minimum absolute atomic E-state index is 0.0916. The summed E-state index contributed by atoms with van der Waals surface area (Å²) in [7, 11) is 0. The molecule has 1 N–H and O–H groups in total. The van der Waals surface area contributed by atoms with Crippen LogP contribution in [0.1, 0.15) is 52.9 Å². The number of hydrogen-bond donors (Lipinski definition) is 1. The van der Waals surface area contributed by atoms with Crippen molar-refractivity contribution < 1.29 is 9.90 Å². The van der Waals surface area contributed by atoms with E-state index in [1.165, 1.54) is 5.57 Å². The summed E-state index contributed by atoms with van der Waals surface area (Å²) in [6.07, 6.45) is 7.60. The van der Waals surface area contributed by atoms with Crippen molar-refractivity contribution in [1.29, 1.82) is 0 Å². The van der Waals surface area contributed by atoms with Crippen molar-refractivity contribution in [3.05, 3.63) is 24.3 Å². The summed E-state index contributed by atoms with van der Waals surface area (Å²) < 4.78 is 0. The zero-order valence-electron chi connectivity index (χ0n) is 11.5. The van der Waals surface area contributed by atoms with Gasteiger partial charge in [-0.1, -0.05) is 24.6 Å². The third kappa shape index (κ3) is 7.92. The number of allylic oxidation sites excluding steroid dienone is 3. The normalized spacial score (nSPS) is 13.9. The van der Waals surface area contributed by atoms with E-state index in [0.29, 0.717) is 19.3 Å². The second kappa shape index (κ2) is 8.24. The molecule has 0 aliphatic carbocycles. The molecule has 0 spiro atoms. The molecule has 0 heterocycles. The SMILES string of the molecule is C=CC(C)(CCC=C(C)C)CC(=O)CCCO. The molecule has 0 bridgehead atoms. The topological polar surface area (TPSA) is 37.3 Å². The first-order valence-corrected chi connectivity index (χ1v) is 6.33. The highest BCUT2D eigenvalue weighted by Crippen LogP contribution is 2.30. The molecule has 0 aliphatic rings. The van der Waals surface area contributed by atoms with Gasteiger partial charge in [0.1, 0.15) is 5.78 Å². The Morgan fingerprint density at radius 1 is 1.41 bits per heavy atom. The number of rotatable bonds is 9. The highest BCUT2D eigenvalue weighted by Gasteiger charge is 2.22. The summed E-state index contributed by atoms with van der Waals surface area (Å²) in [6.45, 7) is 10.2. The molecule has 2 nitrogen and oxygen atoms in total.